The average Bonchev–Trinajstić information content (AvgIpc) is 3.61. The third kappa shape index (κ3) is 5.45. The Kier molecular flexibility index (Phi) is 6.40. The maximum atomic E-state index is 13.1. The number of nitrogens with one attached hydrogen (secondary N) is 3. The predicted octanol–water partition coefficient (Wildman–Crippen LogP) is 3.49. The number of anilines is 2. The highest BCUT2D eigenvalue weighted by molar-refractivity contribution is 7.91. The van der Waals surface area contributed by atoms with Crippen LogP contribution in [0.2, 0.25) is 0 Å². The van der Waals surface area contributed by atoms with E-state index < -0.39 is 27.5 Å². The molecule has 3 aliphatic rings. The molecule has 0 spiro atoms. The zero-order valence-electron chi connectivity index (χ0n) is 21.3. The van der Waals surface area contributed by atoms with E-state index in [2.05, 4.69) is 45.2 Å². The Balaban J connectivity index is 1.34. The molecule has 0 radical (unpaired) electrons. The second-order valence-corrected chi connectivity index (χ2v) is 11.0. The summed E-state index contributed by atoms with van der Waals surface area (Å²) in [6, 6.07) is 8.47. The molecular formula is C25H21F3N10O2S. The molecule has 6 rings (SSSR count). The van der Waals surface area contributed by atoms with Crippen molar-refractivity contribution in [3.63, 3.8) is 0 Å². The third-order valence-electron chi connectivity index (χ3n) is 6.38. The fraction of sp³-hybridized carbons (Fsp3) is 0.200. The summed E-state index contributed by atoms with van der Waals surface area (Å²) in [6.45, 7) is 3.18. The van der Waals surface area contributed by atoms with Gasteiger partial charge in [-0.15, -0.1) is 0 Å². The standard InChI is InChI=1S/C25H21F3N10O2S/c1-14-2-3-17(37-41(39,40)12-18-9-16(4-5-29-18)25(26,27)28)10-19(14)20-8-15-11-31-23(35-24-32-13-33-36-24)34-21(15)38-7-6-30-22(20)38/h2-5,8-11,13,30,37H,6-7,12H2,1H3,(H,32,33,36)/b35-23+. The molecule has 41 heavy (non-hydrogen) atoms. The minimum atomic E-state index is -4.61. The zero-order valence-corrected chi connectivity index (χ0v) is 22.1. The molecule has 1 aromatic carbocycles. The first kappa shape index (κ1) is 26.4. The summed E-state index contributed by atoms with van der Waals surface area (Å²) in [5.74, 6) is 1.00. The number of sulfonamides is 1. The molecule has 0 saturated carbocycles. The quantitative estimate of drug-likeness (QED) is 0.275. The number of benzene rings is 1. The lowest BCUT2D eigenvalue weighted by molar-refractivity contribution is -0.137. The number of aromatic amines is 1. The van der Waals surface area contributed by atoms with Gasteiger partial charge in [0.2, 0.25) is 16.0 Å². The summed E-state index contributed by atoms with van der Waals surface area (Å²) in [5, 5.41) is 9.78. The highest BCUT2D eigenvalue weighted by Gasteiger charge is 2.31. The molecule has 3 aliphatic heterocycles. The van der Waals surface area contributed by atoms with E-state index in [1.54, 1.807) is 24.4 Å². The molecule has 0 bridgehead atoms. The van der Waals surface area contributed by atoms with Crippen molar-refractivity contribution in [2.24, 2.45) is 4.99 Å². The lowest BCUT2D eigenvalue weighted by atomic mass is 9.98. The van der Waals surface area contributed by atoms with Gasteiger partial charge in [-0.05, 0) is 48.4 Å². The van der Waals surface area contributed by atoms with Crippen LogP contribution >= 0.6 is 0 Å². The predicted molar refractivity (Wildman–Crippen MR) is 142 cm³/mol. The Morgan fingerprint density at radius 1 is 1.10 bits per heavy atom. The van der Waals surface area contributed by atoms with Crippen LogP contribution in [0.15, 0.2) is 60.1 Å². The molecule has 3 aromatic rings. The van der Waals surface area contributed by atoms with Crippen LogP contribution in [0.1, 0.15) is 16.8 Å². The number of rotatable bonds is 6. The molecule has 2 aromatic heterocycles. The molecule has 3 N–H and O–H groups in total. The summed E-state index contributed by atoms with van der Waals surface area (Å²) < 4.78 is 69.4. The van der Waals surface area contributed by atoms with Crippen LogP contribution < -0.4 is 15.7 Å². The fourth-order valence-electron chi connectivity index (χ4n) is 4.59. The molecule has 210 valence electrons. The first-order chi connectivity index (χ1) is 19.6. The molecule has 0 saturated heterocycles. The van der Waals surface area contributed by atoms with Crippen molar-refractivity contribution in [2.75, 3.05) is 16.6 Å². The van der Waals surface area contributed by atoms with E-state index in [0.29, 0.717) is 18.9 Å². The maximum Gasteiger partial charge on any atom is 0.416 e. The Hall–Kier alpha value is -4.86. The molecule has 0 fully saturated rings. The molecule has 0 amide bonds. The van der Waals surface area contributed by atoms with E-state index in [-0.39, 0.29) is 22.9 Å². The topological polar surface area (TPSA) is 156 Å². The van der Waals surface area contributed by atoms with E-state index in [0.717, 1.165) is 46.4 Å². The summed E-state index contributed by atoms with van der Waals surface area (Å²) in [7, 11) is -4.08. The number of nitrogens with zero attached hydrogens (tertiary/aromatic N) is 7. The van der Waals surface area contributed by atoms with Crippen LogP contribution in [0.3, 0.4) is 0 Å². The van der Waals surface area contributed by atoms with E-state index in [1.165, 1.54) is 6.33 Å². The number of alkyl halides is 3. The number of aryl methyl sites for hydroxylation is 1. The fourth-order valence-corrected chi connectivity index (χ4v) is 5.69. The van der Waals surface area contributed by atoms with Gasteiger partial charge in [0.25, 0.3) is 5.62 Å². The Labute approximate surface area is 230 Å². The lowest BCUT2D eigenvalue weighted by Gasteiger charge is -2.19. The Morgan fingerprint density at radius 2 is 1.95 bits per heavy atom. The second-order valence-electron chi connectivity index (χ2n) is 9.28. The highest BCUT2D eigenvalue weighted by atomic mass is 32.2. The number of halogens is 3. The van der Waals surface area contributed by atoms with Gasteiger partial charge in [-0.3, -0.25) is 9.71 Å². The molecule has 0 aliphatic carbocycles. The molecule has 5 heterocycles. The van der Waals surface area contributed by atoms with Crippen LogP contribution in [0.25, 0.3) is 22.5 Å². The van der Waals surface area contributed by atoms with Crippen LogP contribution in [0, 0.1) is 6.92 Å². The van der Waals surface area contributed by atoms with Gasteiger partial charge in [0, 0.05) is 42.3 Å². The monoisotopic (exact) mass is 582 g/mol. The highest BCUT2D eigenvalue weighted by Crippen LogP contribution is 2.39. The van der Waals surface area contributed by atoms with E-state index in [1.807, 2.05) is 17.6 Å². The smallest absolute Gasteiger partial charge is 0.369 e. The molecular weight excluding hydrogens is 561 g/mol. The minimum Gasteiger partial charge on any atom is -0.369 e. The summed E-state index contributed by atoms with van der Waals surface area (Å²) in [6.07, 6.45) is -0.680. The summed E-state index contributed by atoms with van der Waals surface area (Å²) in [5.41, 5.74) is 2.45. The van der Waals surface area contributed by atoms with Crippen LogP contribution in [-0.4, -0.2) is 49.7 Å². The summed E-state index contributed by atoms with van der Waals surface area (Å²) >= 11 is 0. The number of hydrogen-bond donors (Lipinski definition) is 3. The number of aromatic nitrogens is 7. The van der Waals surface area contributed by atoms with Crippen molar-refractivity contribution in [1.82, 2.24) is 34.7 Å². The number of pyridine rings is 2. The van der Waals surface area contributed by atoms with Crippen molar-refractivity contribution in [3.8, 4) is 22.5 Å². The van der Waals surface area contributed by atoms with Gasteiger partial charge in [0.15, 0.2) is 0 Å². The Morgan fingerprint density at radius 3 is 2.73 bits per heavy atom. The minimum absolute atomic E-state index is 0.214. The molecule has 12 nitrogen and oxygen atoms in total. The SMILES string of the molecule is Cc1ccc(NS(=O)(=O)Cc2cc(C(F)(F)F)ccn2)cc1-c1cc2cn/c(=N\c3ncn[nH]3)nc-2n2c1NCC2. The summed E-state index contributed by atoms with van der Waals surface area (Å²) in [4.78, 5) is 20.9. The van der Waals surface area contributed by atoms with E-state index >= 15 is 0 Å². The van der Waals surface area contributed by atoms with Gasteiger partial charge in [-0.1, -0.05) is 6.07 Å². The number of H-pyrrole nitrogens is 1. The third-order valence-corrected chi connectivity index (χ3v) is 7.61. The van der Waals surface area contributed by atoms with Gasteiger partial charge >= 0.3 is 6.18 Å². The van der Waals surface area contributed by atoms with Crippen molar-refractivity contribution in [2.45, 2.75) is 25.4 Å². The van der Waals surface area contributed by atoms with E-state index in [4.69, 9.17) is 0 Å². The normalized spacial score (nSPS) is 13.8. The van der Waals surface area contributed by atoms with Crippen molar-refractivity contribution in [1.29, 1.82) is 0 Å². The first-order valence-corrected chi connectivity index (χ1v) is 13.9. The lowest BCUT2D eigenvalue weighted by Crippen LogP contribution is -2.18. The zero-order chi connectivity index (χ0) is 28.8. The van der Waals surface area contributed by atoms with Gasteiger partial charge in [-0.25, -0.2) is 18.5 Å². The molecule has 16 heteroatoms. The second kappa shape index (κ2) is 9.96. The molecule has 0 unspecified atom stereocenters. The number of fused-ring (bicyclic) bond motifs is 3. The van der Waals surface area contributed by atoms with Crippen LogP contribution in [0.4, 0.5) is 30.6 Å². The molecule has 0 atom stereocenters. The largest absolute Gasteiger partial charge is 0.416 e. The maximum absolute atomic E-state index is 13.1. The van der Waals surface area contributed by atoms with Gasteiger partial charge in [0.05, 0.1) is 11.3 Å². The van der Waals surface area contributed by atoms with Gasteiger partial charge < -0.3 is 9.88 Å². The van der Waals surface area contributed by atoms with Crippen LogP contribution in [0.5, 0.6) is 0 Å². The van der Waals surface area contributed by atoms with Crippen molar-refractivity contribution >= 4 is 27.5 Å². The van der Waals surface area contributed by atoms with Gasteiger partial charge in [-0.2, -0.15) is 33.2 Å². The van der Waals surface area contributed by atoms with E-state index in [9.17, 15) is 21.6 Å². The first-order valence-electron chi connectivity index (χ1n) is 12.2. The van der Waals surface area contributed by atoms with Crippen molar-refractivity contribution < 1.29 is 21.6 Å². The number of hydrogen-bond acceptors (Lipinski definition) is 9. The average molecular weight is 583 g/mol. The van der Waals surface area contributed by atoms with Crippen molar-refractivity contribution in [3.05, 3.63) is 77.6 Å². The van der Waals surface area contributed by atoms with Crippen LogP contribution in [-0.2, 0) is 28.5 Å². The Bertz CT molecular complexity index is 1900. The van der Waals surface area contributed by atoms with Gasteiger partial charge in [0.1, 0.15) is 23.7 Å².